The zero-order valence-electron chi connectivity index (χ0n) is 10.5. The molecule has 5 heteroatoms. The first-order valence-electron chi connectivity index (χ1n) is 5.99. The van der Waals surface area contributed by atoms with Crippen LogP contribution in [0.1, 0.15) is 25.3 Å². The predicted octanol–water partition coefficient (Wildman–Crippen LogP) is 0.941. The summed E-state index contributed by atoms with van der Waals surface area (Å²) >= 11 is 0. The van der Waals surface area contributed by atoms with E-state index in [1.54, 1.807) is 13.3 Å². The van der Waals surface area contributed by atoms with Gasteiger partial charge < -0.3 is 15.4 Å². The van der Waals surface area contributed by atoms with Gasteiger partial charge in [0.05, 0.1) is 11.8 Å². The predicted molar refractivity (Wildman–Crippen MR) is 66.8 cm³/mol. The molecule has 0 amide bonds. The summed E-state index contributed by atoms with van der Waals surface area (Å²) in [7, 11) is 1.77. The van der Waals surface area contributed by atoms with Crippen LogP contribution in [0.5, 0.6) is 0 Å². The van der Waals surface area contributed by atoms with Gasteiger partial charge in [0.15, 0.2) is 5.82 Å². The molecule has 0 bridgehead atoms. The summed E-state index contributed by atoms with van der Waals surface area (Å²) in [6, 6.07) is 1.93. The molecule has 1 unspecified atom stereocenters. The van der Waals surface area contributed by atoms with Crippen molar-refractivity contribution in [3.05, 3.63) is 17.8 Å². The topological polar surface area (TPSA) is 64.3 Å². The summed E-state index contributed by atoms with van der Waals surface area (Å²) in [5.41, 5.74) is 6.68. The lowest BCUT2D eigenvalue weighted by Crippen LogP contribution is -2.48. The smallest absolute Gasteiger partial charge is 0.155 e. The van der Waals surface area contributed by atoms with Crippen LogP contribution in [0.3, 0.4) is 0 Å². The molecule has 1 aliphatic heterocycles. The SMILES string of the molecule is COC1(C)CCCN(c2nnccc2CN)C1. The highest BCUT2D eigenvalue weighted by Crippen LogP contribution is 2.28. The van der Waals surface area contributed by atoms with Crippen LogP contribution in [0.4, 0.5) is 5.82 Å². The van der Waals surface area contributed by atoms with Gasteiger partial charge in [-0.1, -0.05) is 0 Å². The maximum atomic E-state index is 5.73. The van der Waals surface area contributed by atoms with E-state index in [0.717, 1.165) is 37.3 Å². The zero-order chi connectivity index (χ0) is 12.3. The molecule has 0 aromatic carbocycles. The third kappa shape index (κ3) is 2.56. The van der Waals surface area contributed by atoms with Crippen molar-refractivity contribution in [3.8, 4) is 0 Å². The second-order valence-corrected chi connectivity index (χ2v) is 4.76. The Bertz CT molecular complexity index is 385. The first kappa shape index (κ1) is 12.3. The average molecular weight is 236 g/mol. The number of piperidine rings is 1. The number of ether oxygens (including phenoxy) is 1. The van der Waals surface area contributed by atoms with Crippen molar-refractivity contribution in [2.45, 2.75) is 31.9 Å². The van der Waals surface area contributed by atoms with Crippen LogP contribution in [0, 0.1) is 0 Å². The summed E-state index contributed by atoms with van der Waals surface area (Å²) in [4.78, 5) is 2.22. The van der Waals surface area contributed by atoms with Gasteiger partial charge in [-0.25, -0.2) is 0 Å². The van der Waals surface area contributed by atoms with E-state index in [0.29, 0.717) is 6.54 Å². The van der Waals surface area contributed by atoms with Crippen LogP contribution in [0.2, 0.25) is 0 Å². The van der Waals surface area contributed by atoms with Gasteiger partial charge in [-0.15, -0.1) is 5.10 Å². The third-order valence-corrected chi connectivity index (χ3v) is 3.45. The minimum atomic E-state index is -0.0956. The highest BCUT2D eigenvalue weighted by atomic mass is 16.5. The number of rotatable bonds is 3. The van der Waals surface area contributed by atoms with Crippen molar-refractivity contribution >= 4 is 5.82 Å². The lowest BCUT2D eigenvalue weighted by Gasteiger charge is -2.40. The quantitative estimate of drug-likeness (QED) is 0.846. The van der Waals surface area contributed by atoms with Gasteiger partial charge in [-0.3, -0.25) is 0 Å². The number of nitrogens with two attached hydrogens (primary N) is 1. The molecule has 0 aliphatic carbocycles. The van der Waals surface area contributed by atoms with Gasteiger partial charge in [0.2, 0.25) is 0 Å². The van der Waals surface area contributed by atoms with E-state index in [1.165, 1.54) is 0 Å². The molecule has 0 spiro atoms. The molecule has 2 heterocycles. The molecule has 1 aliphatic rings. The summed E-state index contributed by atoms with van der Waals surface area (Å²) in [5, 5.41) is 8.17. The fourth-order valence-electron chi connectivity index (χ4n) is 2.33. The fraction of sp³-hybridized carbons (Fsp3) is 0.667. The molecule has 0 radical (unpaired) electrons. The van der Waals surface area contributed by atoms with Gasteiger partial charge in [-0.05, 0) is 25.8 Å². The Morgan fingerprint density at radius 2 is 2.41 bits per heavy atom. The summed E-state index contributed by atoms with van der Waals surface area (Å²) in [6.07, 6.45) is 3.87. The Morgan fingerprint density at radius 3 is 3.12 bits per heavy atom. The van der Waals surface area contributed by atoms with Gasteiger partial charge >= 0.3 is 0 Å². The molecule has 1 atom stereocenters. The first-order valence-corrected chi connectivity index (χ1v) is 5.99. The lowest BCUT2D eigenvalue weighted by atomic mass is 9.94. The van der Waals surface area contributed by atoms with E-state index < -0.39 is 0 Å². The van der Waals surface area contributed by atoms with Crippen molar-refractivity contribution in [2.75, 3.05) is 25.1 Å². The van der Waals surface area contributed by atoms with Crippen molar-refractivity contribution in [1.82, 2.24) is 10.2 Å². The molecule has 17 heavy (non-hydrogen) atoms. The number of hydrogen-bond acceptors (Lipinski definition) is 5. The summed E-state index contributed by atoms with van der Waals surface area (Å²) in [6.45, 7) is 4.46. The molecule has 2 N–H and O–H groups in total. The summed E-state index contributed by atoms with van der Waals surface area (Å²) < 4.78 is 5.58. The molecule has 1 aromatic rings. The minimum Gasteiger partial charge on any atom is -0.377 e. The lowest BCUT2D eigenvalue weighted by molar-refractivity contribution is -0.00487. The Kier molecular flexibility index (Phi) is 3.59. The molecule has 1 aromatic heterocycles. The van der Waals surface area contributed by atoms with Gasteiger partial charge in [0, 0.05) is 32.3 Å². The second kappa shape index (κ2) is 4.98. The average Bonchev–Trinajstić information content (AvgIpc) is 2.39. The van der Waals surface area contributed by atoms with E-state index in [-0.39, 0.29) is 5.60 Å². The largest absolute Gasteiger partial charge is 0.377 e. The molecular formula is C12H20N4O. The highest BCUT2D eigenvalue weighted by Gasteiger charge is 2.32. The van der Waals surface area contributed by atoms with Crippen LogP contribution < -0.4 is 10.6 Å². The Balaban J connectivity index is 2.22. The van der Waals surface area contributed by atoms with Crippen LogP contribution in [0.15, 0.2) is 12.3 Å². The molecule has 1 saturated heterocycles. The Morgan fingerprint density at radius 1 is 1.59 bits per heavy atom. The second-order valence-electron chi connectivity index (χ2n) is 4.76. The molecule has 0 saturated carbocycles. The van der Waals surface area contributed by atoms with Crippen molar-refractivity contribution < 1.29 is 4.74 Å². The Hall–Kier alpha value is -1.20. The van der Waals surface area contributed by atoms with Crippen molar-refractivity contribution in [3.63, 3.8) is 0 Å². The standard InChI is InChI=1S/C12H20N4O/c1-12(17-2)5-3-7-16(9-12)11-10(8-13)4-6-14-15-11/h4,6H,3,5,7-9,13H2,1-2H3. The van der Waals surface area contributed by atoms with Crippen molar-refractivity contribution in [1.29, 1.82) is 0 Å². The minimum absolute atomic E-state index is 0.0956. The molecule has 5 nitrogen and oxygen atoms in total. The van der Waals surface area contributed by atoms with Gasteiger partial charge in [-0.2, -0.15) is 5.10 Å². The van der Waals surface area contributed by atoms with E-state index in [9.17, 15) is 0 Å². The normalized spacial score (nSPS) is 25.0. The molecule has 1 fully saturated rings. The maximum absolute atomic E-state index is 5.73. The number of nitrogens with zero attached hydrogens (tertiary/aromatic N) is 3. The van der Waals surface area contributed by atoms with E-state index in [1.807, 2.05) is 6.07 Å². The van der Waals surface area contributed by atoms with Crippen LogP contribution >= 0.6 is 0 Å². The highest BCUT2D eigenvalue weighted by molar-refractivity contribution is 5.46. The number of hydrogen-bond donors (Lipinski definition) is 1. The number of anilines is 1. The van der Waals surface area contributed by atoms with Gasteiger partial charge in [0.1, 0.15) is 0 Å². The van der Waals surface area contributed by atoms with Crippen LogP contribution in [-0.4, -0.2) is 36.0 Å². The van der Waals surface area contributed by atoms with E-state index >= 15 is 0 Å². The van der Waals surface area contributed by atoms with Crippen molar-refractivity contribution in [2.24, 2.45) is 5.73 Å². The number of aromatic nitrogens is 2. The fourth-order valence-corrected chi connectivity index (χ4v) is 2.33. The zero-order valence-corrected chi connectivity index (χ0v) is 10.5. The summed E-state index contributed by atoms with van der Waals surface area (Å²) in [5.74, 6) is 0.901. The van der Waals surface area contributed by atoms with Gasteiger partial charge in [0.25, 0.3) is 0 Å². The van der Waals surface area contributed by atoms with Crippen LogP contribution in [0.25, 0.3) is 0 Å². The monoisotopic (exact) mass is 236 g/mol. The van der Waals surface area contributed by atoms with Crippen LogP contribution in [-0.2, 0) is 11.3 Å². The molecular weight excluding hydrogens is 216 g/mol. The first-order chi connectivity index (χ1) is 8.18. The molecule has 94 valence electrons. The Labute approximate surface area is 102 Å². The van der Waals surface area contributed by atoms with E-state index in [4.69, 9.17) is 10.5 Å². The molecule has 2 rings (SSSR count). The number of methoxy groups -OCH3 is 1. The van der Waals surface area contributed by atoms with E-state index in [2.05, 4.69) is 22.0 Å². The third-order valence-electron chi connectivity index (χ3n) is 3.45. The maximum Gasteiger partial charge on any atom is 0.155 e.